The topological polar surface area (TPSA) is 119 Å². The monoisotopic (exact) mass is 296 g/mol. The van der Waals surface area contributed by atoms with Crippen LogP contribution in [0.5, 0.6) is 5.75 Å². The maximum Gasteiger partial charge on any atom is 0.326 e. The van der Waals surface area contributed by atoms with Gasteiger partial charge in [-0.1, -0.05) is 6.92 Å². The molecule has 0 heterocycles. The summed E-state index contributed by atoms with van der Waals surface area (Å²) < 4.78 is 5.19. The van der Waals surface area contributed by atoms with E-state index in [0.717, 1.165) is 6.07 Å². The fourth-order valence-corrected chi connectivity index (χ4v) is 1.69. The summed E-state index contributed by atoms with van der Waals surface area (Å²) in [7, 11) is 0. The smallest absolute Gasteiger partial charge is 0.326 e. The number of ether oxygens (including phenoxy) is 1. The molecule has 21 heavy (non-hydrogen) atoms. The van der Waals surface area contributed by atoms with Gasteiger partial charge < -0.3 is 15.2 Å². The summed E-state index contributed by atoms with van der Waals surface area (Å²) in [6.45, 7) is 3.66. The Kier molecular flexibility index (Phi) is 5.65. The van der Waals surface area contributed by atoms with Crippen LogP contribution in [0.25, 0.3) is 0 Å². The lowest BCUT2D eigenvalue weighted by atomic mass is 10.1. The number of nitro benzene ring substituents is 1. The summed E-state index contributed by atoms with van der Waals surface area (Å²) in [6.07, 6.45) is 0.167. The third-order valence-corrected chi connectivity index (χ3v) is 2.73. The lowest BCUT2D eigenvalue weighted by Gasteiger charge is -2.13. The van der Waals surface area contributed by atoms with Crippen LogP contribution in [0.4, 0.5) is 5.69 Å². The highest BCUT2D eigenvalue weighted by molar-refractivity contribution is 6.00. The number of nitro groups is 1. The number of aliphatic carboxylic acids is 1. The van der Waals surface area contributed by atoms with E-state index in [0.29, 0.717) is 12.4 Å². The normalized spacial score (nSPS) is 11.5. The molecule has 2 N–H and O–H groups in total. The standard InChI is InChI=1S/C13H16N2O6/c1-3-10(13(17)18)14-12(16)9-7-8(21-4-2)5-6-11(9)15(19)20/h5-7,10H,3-4H2,1-2H3,(H,14,16)(H,17,18). The molecule has 0 aliphatic rings. The first kappa shape index (κ1) is 16.4. The van der Waals surface area contributed by atoms with Crippen molar-refractivity contribution < 1.29 is 24.4 Å². The Balaban J connectivity index is 3.12. The second-order valence-corrected chi connectivity index (χ2v) is 4.14. The minimum Gasteiger partial charge on any atom is -0.494 e. The van der Waals surface area contributed by atoms with Crippen molar-refractivity contribution in [3.05, 3.63) is 33.9 Å². The summed E-state index contributed by atoms with van der Waals surface area (Å²) >= 11 is 0. The SMILES string of the molecule is CCOc1ccc([N+](=O)[O-])c(C(=O)NC(CC)C(=O)O)c1. The van der Waals surface area contributed by atoms with Crippen LogP contribution in [0.3, 0.4) is 0 Å². The molecule has 114 valence electrons. The third-order valence-electron chi connectivity index (χ3n) is 2.73. The second-order valence-electron chi connectivity index (χ2n) is 4.14. The average molecular weight is 296 g/mol. The molecule has 0 bridgehead atoms. The number of carbonyl (C=O) groups is 2. The zero-order valence-electron chi connectivity index (χ0n) is 11.7. The fourth-order valence-electron chi connectivity index (χ4n) is 1.69. The number of nitrogens with one attached hydrogen (secondary N) is 1. The highest BCUT2D eigenvalue weighted by Gasteiger charge is 2.25. The van der Waals surface area contributed by atoms with E-state index >= 15 is 0 Å². The van der Waals surface area contributed by atoms with Gasteiger partial charge in [0.25, 0.3) is 11.6 Å². The van der Waals surface area contributed by atoms with Crippen LogP contribution in [0.15, 0.2) is 18.2 Å². The van der Waals surface area contributed by atoms with E-state index in [2.05, 4.69) is 5.32 Å². The van der Waals surface area contributed by atoms with Crippen molar-refractivity contribution in [2.45, 2.75) is 26.3 Å². The summed E-state index contributed by atoms with van der Waals surface area (Å²) in [4.78, 5) is 33.2. The Morgan fingerprint density at radius 1 is 1.43 bits per heavy atom. The van der Waals surface area contributed by atoms with Gasteiger partial charge in [-0.05, 0) is 25.5 Å². The van der Waals surface area contributed by atoms with Crippen LogP contribution in [0, 0.1) is 10.1 Å². The maximum atomic E-state index is 12.1. The molecule has 0 aliphatic heterocycles. The van der Waals surface area contributed by atoms with Gasteiger partial charge in [0.1, 0.15) is 17.4 Å². The second kappa shape index (κ2) is 7.22. The minimum absolute atomic E-state index is 0.167. The van der Waals surface area contributed by atoms with E-state index in [9.17, 15) is 19.7 Å². The van der Waals surface area contributed by atoms with Crippen molar-refractivity contribution in [3.63, 3.8) is 0 Å². The van der Waals surface area contributed by atoms with Gasteiger partial charge in [-0.3, -0.25) is 14.9 Å². The van der Waals surface area contributed by atoms with E-state index in [4.69, 9.17) is 9.84 Å². The maximum absolute atomic E-state index is 12.1. The van der Waals surface area contributed by atoms with Crippen LogP contribution in [-0.4, -0.2) is 34.6 Å². The van der Waals surface area contributed by atoms with Crippen molar-refractivity contribution in [2.24, 2.45) is 0 Å². The van der Waals surface area contributed by atoms with E-state index in [1.54, 1.807) is 13.8 Å². The first-order valence-corrected chi connectivity index (χ1v) is 6.35. The molecular weight excluding hydrogens is 280 g/mol. The Hall–Kier alpha value is -2.64. The Bertz CT molecular complexity index is 558. The number of rotatable bonds is 7. The fraction of sp³-hybridized carbons (Fsp3) is 0.385. The first-order chi connectivity index (χ1) is 9.90. The summed E-state index contributed by atoms with van der Waals surface area (Å²) in [5.41, 5.74) is -0.637. The number of benzene rings is 1. The summed E-state index contributed by atoms with van der Waals surface area (Å²) in [5.74, 6) is -1.72. The van der Waals surface area contributed by atoms with Crippen LogP contribution in [-0.2, 0) is 4.79 Å². The molecule has 8 nitrogen and oxygen atoms in total. The lowest BCUT2D eigenvalue weighted by Crippen LogP contribution is -2.40. The van der Waals surface area contributed by atoms with E-state index < -0.39 is 28.5 Å². The van der Waals surface area contributed by atoms with Gasteiger partial charge in [-0.25, -0.2) is 4.79 Å². The molecule has 0 aliphatic carbocycles. The Morgan fingerprint density at radius 2 is 2.10 bits per heavy atom. The zero-order valence-corrected chi connectivity index (χ0v) is 11.7. The molecule has 0 aromatic heterocycles. The number of hydrogen-bond acceptors (Lipinski definition) is 5. The van der Waals surface area contributed by atoms with Crippen molar-refractivity contribution in [3.8, 4) is 5.75 Å². The van der Waals surface area contributed by atoms with Crippen LogP contribution in [0.1, 0.15) is 30.6 Å². The van der Waals surface area contributed by atoms with Crippen molar-refractivity contribution >= 4 is 17.6 Å². The van der Waals surface area contributed by atoms with Crippen LogP contribution < -0.4 is 10.1 Å². The Morgan fingerprint density at radius 3 is 2.57 bits per heavy atom. The minimum atomic E-state index is -1.20. The number of carbonyl (C=O) groups excluding carboxylic acids is 1. The highest BCUT2D eigenvalue weighted by atomic mass is 16.6. The molecule has 0 saturated heterocycles. The molecule has 0 fully saturated rings. The number of hydrogen-bond donors (Lipinski definition) is 2. The van der Waals surface area contributed by atoms with Crippen LogP contribution >= 0.6 is 0 Å². The molecule has 0 radical (unpaired) electrons. The molecular formula is C13H16N2O6. The van der Waals surface area contributed by atoms with Gasteiger partial charge in [0.05, 0.1) is 11.5 Å². The number of carboxylic acid groups (broad SMARTS) is 1. The van der Waals surface area contributed by atoms with Crippen molar-refractivity contribution in [2.75, 3.05) is 6.61 Å². The van der Waals surface area contributed by atoms with Crippen molar-refractivity contribution in [1.29, 1.82) is 0 Å². The van der Waals surface area contributed by atoms with E-state index in [1.165, 1.54) is 12.1 Å². The van der Waals surface area contributed by atoms with Gasteiger partial charge in [0.2, 0.25) is 0 Å². The predicted octanol–water partition coefficient (Wildman–Crippen LogP) is 1.59. The largest absolute Gasteiger partial charge is 0.494 e. The molecule has 0 spiro atoms. The zero-order chi connectivity index (χ0) is 16.0. The molecule has 1 atom stereocenters. The van der Waals surface area contributed by atoms with Gasteiger partial charge in [-0.2, -0.15) is 0 Å². The molecule has 1 rings (SSSR count). The van der Waals surface area contributed by atoms with Gasteiger partial charge >= 0.3 is 5.97 Å². The van der Waals surface area contributed by atoms with Gasteiger partial charge in [0.15, 0.2) is 0 Å². The molecule has 0 saturated carbocycles. The van der Waals surface area contributed by atoms with Crippen LogP contribution in [0.2, 0.25) is 0 Å². The molecule has 8 heteroatoms. The highest BCUT2D eigenvalue weighted by Crippen LogP contribution is 2.24. The Labute approximate surface area is 120 Å². The van der Waals surface area contributed by atoms with Gasteiger partial charge in [-0.15, -0.1) is 0 Å². The quantitative estimate of drug-likeness (QED) is 0.582. The predicted molar refractivity (Wildman–Crippen MR) is 73.4 cm³/mol. The molecule has 1 amide bonds. The summed E-state index contributed by atoms with van der Waals surface area (Å²) in [5, 5.41) is 22.1. The average Bonchev–Trinajstić information content (AvgIpc) is 2.44. The van der Waals surface area contributed by atoms with E-state index in [1.807, 2.05) is 0 Å². The third kappa shape index (κ3) is 4.16. The number of amides is 1. The number of nitrogens with zero attached hydrogens (tertiary/aromatic N) is 1. The van der Waals surface area contributed by atoms with Crippen molar-refractivity contribution in [1.82, 2.24) is 5.32 Å². The first-order valence-electron chi connectivity index (χ1n) is 6.35. The van der Waals surface area contributed by atoms with Gasteiger partial charge in [0, 0.05) is 6.07 Å². The molecule has 1 unspecified atom stereocenters. The van der Waals surface area contributed by atoms with E-state index in [-0.39, 0.29) is 12.0 Å². The number of carboxylic acids is 1. The molecule has 1 aromatic rings. The lowest BCUT2D eigenvalue weighted by molar-refractivity contribution is -0.385. The summed E-state index contributed by atoms with van der Waals surface area (Å²) in [6, 6.07) is 2.66. The molecule has 1 aromatic carbocycles.